The minimum absolute atomic E-state index is 0.311. The molecule has 0 aromatic carbocycles. The van der Waals surface area contributed by atoms with Crippen molar-refractivity contribution in [3.8, 4) is 0 Å². The second-order valence-corrected chi connectivity index (χ2v) is 18.0. The van der Waals surface area contributed by atoms with E-state index in [1.54, 1.807) is 5.57 Å². The zero-order chi connectivity index (χ0) is 21.2. The number of hydrogen-bond donors (Lipinski definition) is 0. The van der Waals surface area contributed by atoms with Crippen LogP contribution in [0.1, 0.15) is 99.3 Å². The molecule has 0 radical (unpaired) electrons. The molecule has 0 aliphatic heterocycles. The Balaban J connectivity index is 1.52. The SMILES string of the molecule is CC[C@H]1CC[C@H]2[C@@H]3CC=C4CC(O[Si](C)(C)C(C)(C)C)CC[C@]4(C)[C@H]3CC[C@]12C. The van der Waals surface area contributed by atoms with Crippen LogP contribution in [0.4, 0.5) is 0 Å². The smallest absolute Gasteiger partial charge is 0.192 e. The number of allylic oxidation sites excluding steroid dienone is 1. The molecule has 2 heteroatoms. The van der Waals surface area contributed by atoms with E-state index in [2.05, 4.69) is 60.7 Å². The number of rotatable bonds is 3. The van der Waals surface area contributed by atoms with E-state index >= 15 is 0 Å². The predicted octanol–water partition coefficient (Wildman–Crippen LogP) is 8.37. The molecule has 3 fully saturated rings. The lowest BCUT2D eigenvalue weighted by Gasteiger charge is -2.58. The molecule has 0 heterocycles. The lowest BCUT2D eigenvalue weighted by Crippen LogP contribution is -2.51. The molecule has 166 valence electrons. The average molecular weight is 417 g/mol. The highest BCUT2D eigenvalue weighted by atomic mass is 28.4. The summed E-state index contributed by atoms with van der Waals surface area (Å²) in [5.74, 6) is 3.87. The van der Waals surface area contributed by atoms with Crippen LogP contribution in [0, 0.1) is 34.5 Å². The van der Waals surface area contributed by atoms with E-state index in [0.29, 0.717) is 22.0 Å². The van der Waals surface area contributed by atoms with E-state index in [0.717, 1.165) is 23.7 Å². The molecule has 0 aromatic rings. The molecule has 0 aromatic heterocycles. The highest BCUT2D eigenvalue weighted by Gasteiger charge is 2.58. The third kappa shape index (κ3) is 3.43. The van der Waals surface area contributed by atoms with Gasteiger partial charge in [-0.2, -0.15) is 0 Å². The molecule has 4 aliphatic carbocycles. The molecule has 4 rings (SSSR count). The van der Waals surface area contributed by atoms with Crippen LogP contribution in [-0.2, 0) is 4.43 Å². The van der Waals surface area contributed by atoms with Gasteiger partial charge in [-0.15, -0.1) is 0 Å². The molecule has 0 saturated heterocycles. The first-order valence-electron chi connectivity index (χ1n) is 12.8. The fourth-order valence-electron chi connectivity index (χ4n) is 8.10. The Hall–Kier alpha value is -0.0831. The minimum Gasteiger partial charge on any atom is -0.414 e. The molecule has 1 nitrogen and oxygen atoms in total. The van der Waals surface area contributed by atoms with Crippen molar-refractivity contribution in [3.05, 3.63) is 11.6 Å². The summed E-state index contributed by atoms with van der Waals surface area (Å²) in [4.78, 5) is 0. The van der Waals surface area contributed by atoms with E-state index in [1.165, 1.54) is 57.8 Å². The second-order valence-electron chi connectivity index (χ2n) is 13.2. The van der Waals surface area contributed by atoms with Gasteiger partial charge in [0.05, 0.1) is 0 Å². The van der Waals surface area contributed by atoms with Gasteiger partial charge in [0, 0.05) is 6.10 Å². The van der Waals surface area contributed by atoms with Crippen molar-refractivity contribution in [2.45, 2.75) is 124 Å². The highest BCUT2D eigenvalue weighted by molar-refractivity contribution is 6.74. The Morgan fingerprint density at radius 1 is 1.03 bits per heavy atom. The molecular formula is C27H48OSi. The Bertz CT molecular complexity index is 658. The molecule has 0 spiro atoms. The van der Waals surface area contributed by atoms with Crippen molar-refractivity contribution in [2.75, 3.05) is 0 Å². The van der Waals surface area contributed by atoms with Gasteiger partial charge >= 0.3 is 0 Å². The Kier molecular flexibility index (Phi) is 5.51. The van der Waals surface area contributed by atoms with Crippen LogP contribution in [0.2, 0.25) is 18.1 Å². The second kappa shape index (κ2) is 7.22. The van der Waals surface area contributed by atoms with Gasteiger partial charge in [0.25, 0.3) is 0 Å². The van der Waals surface area contributed by atoms with Crippen molar-refractivity contribution >= 4 is 8.32 Å². The lowest BCUT2D eigenvalue weighted by atomic mass is 9.47. The van der Waals surface area contributed by atoms with Gasteiger partial charge in [-0.3, -0.25) is 0 Å². The third-order valence-corrected chi connectivity index (χ3v) is 15.6. The maximum atomic E-state index is 6.89. The summed E-state index contributed by atoms with van der Waals surface area (Å²) in [5, 5.41) is 0.311. The minimum atomic E-state index is -1.67. The topological polar surface area (TPSA) is 9.23 Å². The Morgan fingerprint density at radius 2 is 1.76 bits per heavy atom. The van der Waals surface area contributed by atoms with Crippen LogP contribution in [0.5, 0.6) is 0 Å². The zero-order valence-electron chi connectivity index (χ0n) is 20.7. The standard InChI is InChI=1S/C27H48OSi/c1-9-19-11-13-23-22-12-10-20-18-21(28-29(7,8)25(2,3)4)14-16-27(20,6)24(22)15-17-26(19,23)5/h10,19,21-24H,9,11-18H2,1-8H3/t19-,21?,22-,23-,24-,26+,27-/m0/s1. The maximum absolute atomic E-state index is 6.89. The van der Waals surface area contributed by atoms with Gasteiger partial charge in [0.1, 0.15) is 0 Å². The Morgan fingerprint density at radius 3 is 2.41 bits per heavy atom. The first-order chi connectivity index (χ1) is 13.4. The summed E-state index contributed by atoms with van der Waals surface area (Å²) in [6.07, 6.45) is 15.8. The molecule has 29 heavy (non-hydrogen) atoms. The normalized spacial score (nSPS) is 45.2. The molecular weight excluding hydrogens is 368 g/mol. The van der Waals surface area contributed by atoms with Crippen molar-refractivity contribution in [1.29, 1.82) is 0 Å². The lowest BCUT2D eigenvalue weighted by molar-refractivity contribution is -0.0491. The fourth-order valence-corrected chi connectivity index (χ4v) is 9.49. The molecule has 4 aliphatic rings. The van der Waals surface area contributed by atoms with E-state index in [-0.39, 0.29) is 0 Å². The van der Waals surface area contributed by atoms with Crippen LogP contribution in [-0.4, -0.2) is 14.4 Å². The quantitative estimate of drug-likeness (QED) is 0.331. The van der Waals surface area contributed by atoms with E-state index in [9.17, 15) is 0 Å². The van der Waals surface area contributed by atoms with Crippen molar-refractivity contribution in [2.24, 2.45) is 34.5 Å². The number of hydrogen-bond acceptors (Lipinski definition) is 1. The summed E-state index contributed by atoms with van der Waals surface area (Å²) in [6, 6.07) is 0. The Labute approximate surface area is 182 Å². The largest absolute Gasteiger partial charge is 0.414 e. The molecule has 7 atom stereocenters. The third-order valence-electron chi connectivity index (χ3n) is 11.0. The van der Waals surface area contributed by atoms with Crippen LogP contribution in [0.3, 0.4) is 0 Å². The summed E-state index contributed by atoms with van der Waals surface area (Å²) in [6.45, 7) is 19.7. The van der Waals surface area contributed by atoms with Crippen LogP contribution >= 0.6 is 0 Å². The summed E-state index contributed by atoms with van der Waals surface area (Å²) in [7, 11) is -1.67. The van der Waals surface area contributed by atoms with E-state index in [4.69, 9.17) is 4.43 Å². The average Bonchev–Trinajstić information content (AvgIpc) is 2.97. The van der Waals surface area contributed by atoms with Gasteiger partial charge in [-0.1, -0.05) is 59.6 Å². The monoisotopic (exact) mass is 416 g/mol. The van der Waals surface area contributed by atoms with Gasteiger partial charge < -0.3 is 4.43 Å². The summed E-state index contributed by atoms with van der Waals surface area (Å²) < 4.78 is 6.89. The molecule has 1 unspecified atom stereocenters. The van der Waals surface area contributed by atoms with E-state index < -0.39 is 8.32 Å². The predicted molar refractivity (Wildman–Crippen MR) is 128 cm³/mol. The summed E-state index contributed by atoms with van der Waals surface area (Å²) >= 11 is 0. The van der Waals surface area contributed by atoms with Gasteiger partial charge in [-0.25, -0.2) is 0 Å². The molecule has 3 saturated carbocycles. The highest BCUT2D eigenvalue weighted by Crippen LogP contribution is 2.66. The molecule has 0 N–H and O–H groups in total. The van der Waals surface area contributed by atoms with E-state index in [1.807, 2.05) is 0 Å². The maximum Gasteiger partial charge on any atom is 0.192 e. The van der Waals surface area contributed by atoms with Gasteiger partial charge in [-0.05, 0) is 104 Å². The van der Waals surface area contributed by atoms with Crippen LogP contribution in [0.15, 0.2) is 11.6 Å². The summed E-state index contributed by atoms with van der Waals surface area (Å²) in [5.41, 5.74) is 2.88. The van der Waals surface area contributed by atoms with Crippen LogP contribution in [0.25, 0.3) is 0 Å². The van der Waals surface area contributed by atoms with Gasteiger partial charge in [0.15, 0.2) is 8.32 Å². The van der Waals surface area contributed by atoms with Crippen molar-refractivity contribution in [1.82, 2.24) is 0 Å². The van der Waals surface area contributed by atoms with Crippen LogP contribution < -0.4 is 0 Å². The number of fused-ring (bicyclic) bond motifs is 5. The van der Waals surface area contributed by atoms with Crippen molar-refractivity contribution in [3.63, 3.8) is 0 Å². The first kappa shape index (κ1) is 22.1. The van der Waals surface area contributed by atoms with Crippen molar-refractivity contribution < 1.29 is 4.43 Å². The molecule has 0 bridgehead atoms. The first-order valence-corrected chi connectivity index (χ1v) is 15.7. The zero-order valence-corrected chi connectivity index (χ0v) is 21.7. The molecule has 0 amide bonds. The fraction of sp³-hybridized carbons (Fsp3) is 0.926. The van der Waals surface area contributed by atoms with Gasteiger partial charge in [0.2, 0.25) is 0 Å².